The van der Waals surface area contributed by atoms with Gasteiger partial charge in [-0.2, -0.15) is 0 Å². The standard InChI is InChI=1S/C24H19FN2O6/c1-26(12-15-4-7-17(25)8-5-15)21(28)14-33-24(31)16-6-9-19-20(11-16)23(30)27(22(19)29)13-18-3-2-10-32-18/h2-11H,12-14H2,1H3. The predicted octanol–water partition coefficient (Wildman–Crippen LogP) is 3.03. The summed E-state index contributed by atoms with van der Waals surface area (Å²) in [5.74, 6) is -2.21. The Labute approximate surface area is 188 Å². The van der Waals surface area contributed by atoms with Crippen LogP contribution in [0.2, 0.25) is 0 Å². The van der Waals surface area contributed by atoms with Crippen molar-refractivity contribution in [1.82, 2.24) is 9.80 Å². The molecule has 3 aromatic rings. The molecule has 0 radical (unpaired) electrons. The number of carbonyl (C=O) groups excluding carboxylic acids is 4. The number of fused-ring (bicyclic) bond motifs is 1. The van der Waals surface area contributed by atoms with Gasteiger partial charge in [-0.15, -0.1) is 0 Å². The fourth-order valence-corrected chi connectivity index (χ4v) is 3.39. The van der Waals surface area contributed by atoms with Crippen LogP contribution < -0.4 is 0 Å². The van der Waals surface area contributed by atoms with Crippen LogP contribution in [-0.2, 0) is 22.6 Å². The minimum absolute atomic E-state index is 0.0198. The fourth-order valence-electron chi connectivity index (χ4n) is 3.39. The van der Waals surface area contributed by atoms with Crippen molar-refractivity contribution in [3.8, 4) is 0 Å². The number of imide groups is 1. The quantitative estimate of drug-likeness (QED) is 0.406. The highest BCUT2D eigenvalue weighted by molar-refractivity contribution is 6.21. The molecule has 0 atom stereocenters. The highest BCUT2D eigenvalue weighted by Gasteiger charge is 2.36. The largest absolute Gasteiger partial charge is 0.467 e. The lowest BCUT2D eigenvalue weighted by molar-refractivity contribution is -0.133. The molecule has 0 bridgehead atoms. The van der Waals surface area contributed by atoms with E-state index in [0.29, 0.717) is 5.76 Å². The minimum Gasteiger partial charge on any atom is -0.467 e. The van der Waals surface area contributed by atoms with Gasteiger partial charge in [0.1, 0.15) is 11.6 Å². The van der Waals surface area contributed by atoms with Gasteiger partial charge < -0.3 is 14.1 Å². The minimum atomic E-state index is -0.800. The van der Waals surface area contributed by atoms with E-state index in [4.69, 9.17) is 9.15 Å². The molecule has 8 nitrogen and oxygen atoms in total. The van der Waals surface area contributed by atoms with E-state index in [1.54, 1.807) is 24.3 Å². The third kappa shape index (κ3) is 4.67. The SMILES string of the molecule is CN(Cc1ccc(F)cc1)C(=O)COC(=O)c1ccc2c(c1)C(=O)N(Cc1ccco1)C2=O. The molecule has 3 amide bonds. The van der Waals surface area contributed by atoms with Crippen molar-refractivity contribution in [3.63, 3.8) is 0 Å². The summed E-state index contributed by atoms with van der Waals surface area (Å²) < 4.78 is 23.3. The molecule has 0 N–H and O–H groups in total. The Morgan fingerprint density at radius 1 is 1.03 bits per heavy atom. The van der Waals surface area contributed by atoms with Gasteiger partial charge in [0.25, 0.3) is 17.7 Å². The summed E-state index contributed by atoms with van der Waals surface area (Å²) in [6.45, 7) is -0.309. The monoisotopic (exact) mass is 450 g/mol. The van der Waals surface area contributed by atoms with Crippen molar-refractivity contribution in [2.75, 3.05) is 13.7 Å². The lowest BCUT2D eigenvalue weighted by Crippen LogP contribution is -2.30. The van der Waals surface area contributed by atoms with Crippen LogP contribution in [0.4, 0.5) is 4.39 Å². The molecule has 1 aromatic heterocycles. The van der Waals surface area contributed by atoms with Gasteiger partial charge in [-0.25, -0.2) is 9.18 Å². The molecule has 168 valence electrons. The Hall–Kier alpha value is -4.27. The van der Waals surface area contributed by atoms with Crippen molar-refractivity contribution in [2.45, 2.75) is 13.1 Å². The second-order valence-corrected chi connectivity index (χ2v) is 7.49. The Morgan fingerprint density at radius 3 is 2.45 bits per heavy atom. The van der Waals surface area contributed by atoms with Crippen LogP contribution in [0, 0.1) is 5.82 Å². The average Bonchev–Trinajstić information content (AvgIpc) is 3.41. The average molecular weight is 450 g/mol. The lowest BCUT2D eigenvalue weighted by atomic mass is 10.1. The van der Waals surface area contributed by atoms with Crippen LogP contribution in [0.25, 0.3) is 0 Å². The summed E-state index contributed by atoms with van der Waals surface area (Å²) in [6.07, 6.45) is 1.44. The van der Waals surface area contributed by atoms with Crippen molar-refractivity contribution in [3.05, 3.63) is 94.7 Å². The Bertz CT molecular complexity index is 1220. The first-order valence-corrected chi connectivity index (χ1v) is 10.0. The van der Waals surface area contributed by atoms with Gasteiger partial charge in [-0.1, -0.05) is 12.1 Å². The van der Waals surface area contributed by atoms with Gasteiger partial charge in [-0.3, -0.25) is 19.3 Å². The molecule has 0 saturated carbocycles. The third-order valence-electron chi connectivity index (χ3n) is 5.19. The highest BCUT2D eigenvalue weighted by Crippen LogP contribution is 2.26. The predicted molar refractivity (Wildman–Crippen MR) is 113 cm³/mol. The van der Waals surface area contributed by atoms with E-state index in [1.807, 2.05) is 0 Å². The number of ether oxygens (including phenoxy) is 1. The number of esters is 1. The number of likely N-dealkylation sites (N-methyl/N-ethyl adjacent to an activating group) is 1. The van der Waals surface area contributed by atoms with Gasteiger partial charge in [0.05, 0.1) is 29.5 Å². The summed E-state index contributed by atoms with van der Waals surface area (Å²) >= 11 is 0. The third-order valence-corrected chi connectivity index (χ3v) is 5.19. The van der Waals surface area contributed by atoms with Gasteiger partial charge in [-0.05, 0) is 48.0 Å². The zero-order valence-electron chi connectivity index (χ0n) is 17.6. The van der Waals surface area contributed by atoms with E-state index in [-0.39, 0.29) is 35.6 Å². The van der Waals surface area contributed by atoms with E-state index in [2.05, 4.69) is 0 Å². The van der Waals surface area contributed by atoms with Gasteiger partial charge >= 0.3 is 5.97 Å². The van der Waals surface area contributed by atoms with Crippen molar-refractivity contribution in [1.29, 1.82) is 0 Å². The van der Waals surface area contributed by atoms with Gasteiger partial charge in [0, 0.05) is 13.6 Å². The molecular weight excluding hydrogens is 431 g/mol. The molecular formula is C24H19FN2O6. The number of benzene rings is 2. The smallest absolute Gasteiger partial charge is 0.338 e. The number of amides is 3. The topological polar surface area (TPSA) is 97.1 Å². The summed E-state index contributed by atoms with van der Waals surface area (Å²) in [5, 5.41) is 0. The number of hydrogen-bond acceptors (Lipinski definition) is 6. The normalized spacial score (nSPS) is 12.6. The molecule has 0 fully saturated rings. The van der Waals surface area contributed by atoms with Crippen molar-refractivity contribution >= 4 is 23.7 Å². The second-order valence-electron chi connectivity index (χ2n) is 7.49. The summed E-state index contributed by atoms with van der Waals surface area (Å²) in [4.78, 5) is 52.3. The number of hydrogen-bond donors (Lipinski definition) is 0. The molecule has 0 spiro atoms. The molecule has 33 heavy (non-hydrogen) atoms. The maximum Gasteiger partial charge on any atom is 0.338 e. The lowest BCUT2D eigenvalue weighted by Gasteiger charge is -2.17. The van der Waals surface area contributed by atoms with Crippen LogP contribution in [0.3, 0.4) is 0 Å². The first-order chi connectivity index (χ1) is 15.8. The Kier molecular flexibility index (Phi) is 6.03. The Morgan fingerprint density at radius 2 is 1.76 bits per heavy atom. The van der Waals surface area contributed by atoms with E-state index in [1.165, 1.54) is 48.5 Å². The number of carbonyl (C=O) groups is 4. The summed E-state index contributed by atoms with van der Waals surface area (Å²) in [7, 11) is 1.53. The summed E-state index contributed by atoms with van der Waals surface area (Å²) in [6, 6.07) is 13.0. The van der Waals surface area contributed by atoms with Crippen LogP contribution in [0.5, 0.6) is 0 Å². The molecule has 1 aliphatic heterocycles. The Balaban J connectivity index is 1.37. The molecule has 0 aliphatic carbocycles. The number of furan rings is 1. The first kappa shape index (κ1) is 21.9. The molecule has 9 heteroatoms. The maximum atomic E-state index is 13.0. The molecule has 0 saturated heterocycles. The van der Waals surface area contributed by atoms with Crippen LogP contribution in [0.1, 0.15) is 42.4 Å². The zero-order chi connectivity index (χ0) is 23.5. The van der Waals surface area contributed by atoms with E-state index in [0.717, 1.165) is 10.5 Å². The van der Waals surface area contributed by atoms with Crippen LogP contribution in [0.15, 0.2) is 65.3 Å². The zero-order valence-corrected chi connectivity index (χ0v) is 17.6. The van der Waals surface area contributed by atoms with E-state index < -0.39 is 30.3 Å². The highest BCUT2D eigenvalue weighted by atomic mass is 19.1. The van der Waals surface area contributed by atoms with E-state index in [9.17, 15) is 23.6 Å². The number of halogens is 1. The van der Waals surface area contributed by atoms with Crippen molar-refractivity contribution < 1.29 is 32.7 Å². The molecule has 2 heterocycles. The van der Waals surface area contributed by atoms with Crippen LogP contribution in [-0.4, -0.2) is 47.1 Å². The number of nitrogens with zero attached hydrogens (tertiary/aromatic N) is 2. The maximum absolute atomic E-state index is 13.0. The number of rotatable bonds is 7. The van der Waals surface area contributed by atoms with E-state index >= 15 is 0 Å². The molecule has 0 unspecified atom stereocenters. The molecule has 2 aromatic carbocycles. The van der Waals surface area contributed by atoms with Crippen LogP contribution >= 0.6 is 0 Å². The second kappa shape index (κ2) is 9.07. The van der Waals surface area contributed by atoms with Gasteiger partial charge in [0.15, 0.2) is 6.61 Å². The fraction of sp³-hybridized carbons (Fsp3) is 0.167. The molecule has 1 aliphatic rings. The van der Waals surface area contributed by atoms with Crippen molar-refractivity contribution in [2.24, 2.45) is 0 Å². The molecule has 4 rings (SSSR count). The van der Waals surface area contributed by atoms with Gasteiger partial charge in [0.2, 0.25) is 0 Å². The first-order valence-electron chi connectivity index (χ1n) is 10.0. The summed E-state index contributed by atoms with van der Waals surface area (Å²) in [5.41, 5.74) is 1.03.